The molecule has 74 valence electrons. The lowest BCUT2D eigenvalue weighted by molar-refractivity contribution is 0.253. The molecule has 1 aromatic carbocycles. The van der Waals surface area contributed by atoms with Crippen molar-refractivity contribution >= 4 is 17.3 Å². The van der Waals surface area contributed by atoms with Gasteiger partial charge in [-0.3, -0.25) is 0 Å². The molecule has 0 aliphatic heterocycles. The molecule has 14 heavy (non-hydrogen) atoms. The number of ether oxygens (including phenoxy) is 1. The van der Waals surface area contributed by atoms with Crippen LogP contribution in [0.4, 0.5) is 5.69 Å². The second-order valence-corrected chi connectivity index (χ2v) is 3.26. The van der Waals surface area contributed by atoms with Gasteiger partial charge in [0, 0.05) is 5.02 Å². The number of nitrogens with two attached hydrogens (primary N) is 1. The Kier molecular flexibility index (Phi) is 3.61. The highest BCUT2D eigenvalue weighted by Crippen LogP contribution is 2.26. The zero-order chi connectivity index (χ0) is 10.6. The van der Waals surface area contributed by atoms with Gasteiger partial charge in [-0.2, -0.15) is 5.26 Å². The minimum atomic E-state index is -0.460. The van der Waals surface area contributed by atoms with E-state index < -0.39 is 6.10 Å². The molecule has 0 fully saturated rings. The number of anilines is 1. The Hall–Kier alpha value is -1.40. The maximum absolute atomic E-state index is 8.69. The fourth-order valence-electron chi connectivity index (χ4n) is 0.981. The molecule has 0 saturated carbocycles. The molecule has 1 rings (SSSR count). The van der Waals surface area contributed by atoms with E-state index in [1.807, 2.05) is 13.0 Å². The first-order chi connectivity index (χ1) is 6.67. The molecular weight excluding hydrogens is 200 g/mol. The number of benzene rings is 1. The molecule has 0 heterocycles. The average Bonchev–Trinajstić information content (AvgIpc) is 2.17. The van der Waals surface area contributed by atoms with Crippen molar-refractivity contribution in [2.75, 3.05) is 5.73 Å². The van der Waals surface area contributed by atoms with Gasteiger partial charge >= 0.3 is 0 Å². The third-order valence-corrected chi connectivity index (χ3v) is 1.99. The van der Waals surface area contributed by atoms with Crippen molar-refractivity contribution in [1.29, 1.82) is 5.26 Å². The zero-order valence-corrected chi connectivity index (χ0v) is 8.58. The van der Waals surface area contributed by atoms with Gasteiger partial charge in [0.2, 0.25) is 0 Å². The first kappa shape index (κ1) is 10.7. The van der Waals surface area contributed by atoms with Crippen LogP contribution in [0, 0.1) is 11.3 Å². The van der Waals surface area contributed by atoms with Gasteiger partial charge in [-0.15, -0.1) is 0 Å². The summed E-state index contributed by atoms with van der Waals surface area (Å²) in [4.78, 5) is 0. The van der Waals surface area contributed by atoms with Crippen LogP contribution in [0.15, 0.2) is 18.2 Å². The highest BCUT2D eigenvalue weighted by atomic mass is 35.5. The van der Waals surface area contributed by atoms with Crippen molar-refractivity contribution < 1.29 is 4.74 Å². The van der Waals surface area contributed by atoms with E-state index in [4.69, 9.17) is 27.3 Å². The predicted octanol–water partition coefficient (Wildman–Crippen LogP) is 2.60. The minimum Gasteiger partial charge on any atom is -0.473 e. The molecule has 0 aromatic heterocycles. The molecule has 0 aliphatic carbocycles. The van der Waals surface area contributed by atoms with Crippen LogP contribution < -0.4 is 10.5 Å². The van der Waals surface area contributed by atoms with Gasteiger partial charge in [0.05, 0.1) is 5.69 Å². The third-order valence-electron chi connectivity index (χ3n) is 1.76. The number of hydrogen-bond acceptors (Lipinski definition) is 3. The fourth-order valence-corrected chi connectivity index (χ4v) is 1.16. The number of nitrogen functional groups attached to an aromatic ring is 1. The SMILES string of the molecule is CCC(C#N)Oc1ccc(Cl)cc1N. The standard InChI is InChI=1S/C10H11ClN2O/c1-2-8(6-12)14-10-4-3-7(11)5-9(10)13/h3-5,8H,2,13H2,1H3. The van der Waals surface area contributed by atoms with E-state index in [0.717, 1.165) is 0 Å². The Labute approximate surface area is 88.0 Å². The summed E-state index contributed by atoms with van der Waals surface area (Å²) in [5.41, 5.74) is 6.11. The van der Waals surface area contributed by atoms with E-state index >= 15 is 0 Å². The van der Waals surface area contributed by atoms with Crippen molar-refractivity contribution in [3.05, 3.63) is 23.2 Å². The number of rotatable bonds is 3. The summed E-state index contributed by atoms with van der Waals surface area (Å²) in [6.45, 7) is 1.87. The molecule has 4 heteroatoms. The first-order valence-electron chi connectivity index (χ1n) is 4.28. The van der Waals surface area contributed by atoms with Crippen molar-refractivity contribution in [2.45, 2.75) is 19.4 Å². The summed E-state index contributed by atoms with van der Waals surface area (Å²) in [6.07, 6.45) is 0.164. The molecule has 0 spiro atoms. The van der Waals surface area contributed by atoms with E-state index in [2.05, 4.69) is 0 Å². The van der Waals surface area contributed by atoms with Crippen molar-refractivity contribution in [1.82, 2.24) is 0 Å². The maximum atomic E-state index is 8.69. The Morgan fingerprint density at radius 1 is 1.64 bits per heavy atom. The molecular formula is C10H11ClN2O. The van der Waals surface area contributed by atoms with E-state index in [1.54, 1.807) is 18.2 Å². The topological polar surface area (TPSA) is 59.0 Å². The van der Waals surface area contributed by atoms with Gasteiger partial charge in [-0.05, 0) is 24.6 Å². The Morgan fingerprint density at radius 3 is 2.86 bits per heavy atom. The molecule has 2 N–H and O–H groups in total. The van der Waals surface area contributed by atoms with Crippen LogP contribution >= 0.6 is 11.6 Å². The van der Waals surface area contributed by atoms with E-state index in [-0.39, 0.29) is 0 Å². The number of halogens is 1. The molecule has 0 aliphatic rings. The summed E-state index contributed by atoms with van der Waals surface area (Å²) in [5.74, 6) is 0.503. The Morgan fingerprint density at radius 2 is 2.36 bits per heavy atom. The minimum absolute atomic E-state index is 0.450. The van der Waals surface area contributed by atoms with Crippen LogP contribution in [0.1, 0.15) is 13.3 Å². The number of nitrogens with zero attached hydrogens (tertiary/aromatic N) is 1. The van der Waals surface area contributed by atoms with E-state index in [1.165, 1.54) is 0 Å². The van der Waals surface area contributed by atoms with Crippen molar-refractivity contribution in [2.24, 2.45) is 0 Å². The Balaban J connectivity index is 2.82. The summed E-state index contributed by atoms with van der Waals surface area (Å²) >= 11 is 5.72. The second-order valence-electron chi connectivity index (χ2n) is 2.83. The highest BCUT2D eigenvalue weighted by Gasteiger charge is 2.08. The second kappa shape index (κ2) is 4.73. The van der Waals surface area contributed by atoms with Gasteiger partial charge in [0.25, 0.3) is 0 Å². The van der Waals surface area contributed by atoms with Gasteiger partial charge in [-0.1, -0.05) is 18.5 Å². The van der Waals surface area contributed by atoms with E-state index in [9.17, 15) is 0 Å². The molecule has 0 bridgehead atoms. The van der Waals surface area contributed by atoms with Crippen molar-refractivity contribution in [3.63, 3.8) is 0 Å². The maximum Gasteiger partial charge on any atom is 0.184 e. The lowest BCUT2D eigenvalue weighted by Gasteiger charge is -2.12. The number of hydrogen-bond donors (Lipinski definition) is 1. The number of nitriles is 1. The van der Waals surface area contributed by atoms with Crippen LogP contribution in [-0.2, 0) is 0 Å². The molecule has 1 aromatic rings. The smallest absolute Gasteiger partial charge is 0.184 e. The van der Waals surface area contributed by atoms with Crippen LogP contribution in [0.2, 0.25) is 5.02 Å². The lowest BCUT2D eigenvalue weighted by Crippen LogP contribution is -2.13. The third kappa shape index (κ3) is 2.54. The van der Waals surface area contributed by atoms with Gasteiger partial charge in [-0.25, -0.2) is 0 Å². The molecule has 3 nitrogen and oxygen atoms in total. The summed E-state index contributed by atoms with van der Waals surface area (Å²) < 4.78 is 5.35. The largest absolute Gasteiger partial charge is 0.473 e. The van der Waals surface area contributed by atoms with Crippen molar-refractivity contribution in [3.8, 4) is 11.8 Å². The van der Waals surface area contributed by atoms with Crippen LogP contribution in [-0.4, -0.2) is 6.10 Å². The highest BCUT2D eigenvalue weighted by molar-refractivity contribution is 6.30. The summed E-state index contributed by atoms with van der Waals surface area (Å²) in [7, 11) is 0. The monoisotopic (exact) mass is 210 g/mol. The summed E-state index contributed by atoms with van der Waals surface area (Å²) in [5, 5.41) is 9.25. The van der Waals surface area contributed by atoms with Gasteiger partial charge in [0.1, 0.15) is 11.8 Å². The first-order valence-corrected chi connectivity index (χ1v) is 4.66. The fraction of sp³-hybridized carbons (Fsp3) is 0.300. The predicted molar refractivity (Wildman–Crippen MR) is 56.2 cm³/mol. The molecule has 1 unspecified atom stereocenters. The quantitative estimate of drug-likeness (QED) is 0.781. The van der Waals surface area contributed by atoms with Gasteiger partial charge in [0.15, 0.2) is 6.10 Å². The van der Waals surface area contributed by atoms with Crippen LogP contribution in [0.5, 0.6) is 5.75 Å². The zero-order valence-electron chi connectivity index (χ0n) is 7.83. The van der Waals surface area contributed by atoms with Crippen LogP contribution in [0.25, 0.3) is 0 Å². The Bertz CT molecular complexity index is 360. The molecule has 1 atom stereocenters. The molecule has 0 radical (unpaired) electrons. The average molecular weight is 211 g/mol. The normalized spacial score (nSPS) is 11.8. The summed E-state index contributed by atoms with van der Waals surface area (Å²) in [6, 6.07) is 6.97. The van der Waals surface area contributed by atoms with Crippen LogP contribution in [0.3, 0.4) is 0 Å². The van der Waals surface area contributed by atoms with E-state index in [0.29, 0.717) is 22.9 Å². The molecule has 0 amide bonds. The van der Waals surface area contributed by atoms with Gasteiger partial charge < -0.3 is 10.5 Å². The molecule has 0 saturated heterocycles. The lowest BCUT2D eigenvalue weighted by atomic mass is 10.2.